The van der Waals surface area contributed by atoms with E-state index >= 15 is 0 Å². The smallest absolute Gasteiger partial charge is 0.323 e. The number of ether oxygens (including phenoxy) is 1. The van der Waals surface area contributed by atoms with E-state index in [0.29, 0.717) is 0 Å². The highest BCUT2D eigenvalue weighted by Gasteiger charge is 2.32. The van der Waals surface area contributed by atoms with E-state index in [2.05, 4.69) is 32.9 Å². The summed E-state index contributed by atoms with van der Waals surface area (Å²) < 4.78 is 7.84. The molecule has 6 heteroatoms. The lowest BCUT2D eigenvalue weighted by molar-refractivity contribution is -0.146. The van der Waals surface area contributed by atoms with Gasteiger partial charge in [0.1, 0.15) is 6.04 Å². The van der Waals surface area contributed by atoms with Crippen LogP contribution >= 0.6 is 15.9 Å². The number of esters is 1. The predicted octanol–water partition coefficient (Wildman–Crippen LogP) is 1.88. The van der Waals surface area contributed by atoms with Gasteiger partial charge in [-0.3, -0.25) is 14.4 Å². The SMILES string of the molecule is CCc1nn(C)c(CN2CCCC2C(=O)OC)c1Br. The summed E-state index contributed by atoms with van der Waals surface area (Å²) in [6.45, 7) is 3.74. The topological polar surface area (TPSA) is 47.4 Å². The van der Waals surface area contributed by atoms with Gasteiger partial charge in [-0.1, -0.05) is 6.92 Å². The first-order valence-corrected chi connectivity index (χ1v) is 7.39. The zero-order valence-corrected chi connectivity index (χ0v) is 13.2. The maximum atomic E-state index is 11.7. The van der Waals surface area contributed by atoms with Crippen LogP contribution in [0, 0.1) is 0 Å². The largest absolute Gasteiger partial charge is 0.468 e. The van der Waals surface area contributed by atoms with Crippen molar-refractivity contribution in [2.24, 2.45) is 7.05 Å². The molecule has 19 heavy (non-hydrogen) atoms. The average molecular weight is 330 g/mol. The highest BCUT2D eigenvalue weighted by molar-refractivity contribution is 9.10. The zero-order valence-electron chi connectivity index (χ0n) is 11.6. The van der Waals surface area contributed by atoms with Crippen molar-refractivity contribution < 1.29 is 9.53 Å². The van der Waals surface area contributed by atoms with Gasteiger partial charge in [0.2, 0.25) is 0 Å². The fourth-order valence-corrected chi connectivity index (χ4v) is 3.34. The Morgan fingerprint density at radius 1 is 1.58 bits per heavy atom. The number of hydrogen-bond donors (Lipinski definition) is 0. The third-order valence-electron chi connectivity index (χ3n) is 3.69. The van der Waals surface area contributed by atoms with Crippen LogP contribution in [0.25, 0.3) is 0 Å². The van der Waals surface area contributed by atoms with E-state index in [9.17, 15) is 4.79 Å². The summed E-state index contributed by atoms with van der Waals surface area (Å²) in [4.78, 5) is 13.9. The monoisotopic (exact) mass is 329 g/mol. The molecule has 0 aromatic carbocycles. The van der Waals surface area contributed by atoms with E-state index < -0.39 is 0 Å². The fraction of sp³-hybridized carbons (Fsp3) is 0.692. The number of hydrogen-bond acceptors (Lipinski definition) is 4. The second-order valence-corrected chi connectivity index (χ2v) is 5.63. The van der Waals surface area contributed by atoms with Gasteiger partial charge >= 0.3 is 5.97 Å². The van der Waals surface area contributed by atoms with Gasteiger partial charge in [0.25, 0.3) is 0 Å². The molecule has 0 aliphatic carbocycles. The molecule has 1 saturated heterocycles. The molecule has 5 nitrogen and oxygen atoms in total. The van der Waals surface area contributed by atoms with E-state index in [1.54, 1.807) is 0 Å². The molecule has 0 amide bonds. The molecule has 1 aromatic heterocycles. The molecule has 0 N–H and O–H groups in total. The normalized spacial score (nSPS) is 19.9. The molecule has 1 aliphatic rings. The molecule has 1 unspecified atom stereocenters. The number of carbonyl (C=O) groups is 1. The Balaban J connectivity index is 2.16. The van der Waals surface area contributed by atoms with Crippen molar-refractivity contribution in [3.8, 4) is 0 Å². The third-order valence-corrected chi connectivity index (χ3v) is 4.61. The first-order valence-electron chi connectivity index (χ1n) is 6.60. The van der Waals surface area contributed by atoms with E-state index in [0.717, 1.165) is 48.2 Å². The first-order chi connectivity index (χ1) is 9.08. The Kier molecular flexibility index (Phi) is 4.62. The van der Waals surface area contributed by atoms with Gasteiger partial charge in [-0.15, -0.1) is 0 Å². The maximum absolute atomic E-state index is 11.7. The van der Waals surface area contributed by atoms with Crippen molar-refractivity contribution in [1.82, 2.24) is 14.7 Å². The third kappa shape index (κ3) is 2.84. The Bertz CT molecular complexity index is 473. The lowest BCUT2D eigenvalue weighted by atomic mass is 10.2. The van der Waals surface area contributed by atoms with Crippen LogP contribution in [0.3, 0.4) is 0 Å². The summed E-state index contributed by atoms with van der Waals surface area (Å²) in [6, 6.07) is -0.114. The predicted molar refractivity (Wildman–Crippen MR) is 75.7 cm³/mol. The van der Waals surface area contributed by atoms with Gasteiger partial charge < -0.3 is 4.74 Å². The zero-order chi connectivity index (χ0) is 14.0. The van der Waals surface area contributed by atoms with Crippen molar-refractivity contribution >= 4 is 21.9 Å². The summed E-state index contributed by atoms with van der Waals surface area (Å²) in [7, 11) is 3.40. The van der Waals surface area contributed by atoms with Crippen LogP contribution in [0.15, 0.2) is 4.47 Å². The van der Waals surface area contributed by atoms with Gasteiger partial charge in [-0.25, -0.2) is 0 Å². The van der Waals surface area contributed by atoms with Gasteiger partial charge in [0.15, 0.2) is 0 Å². The first kappa shape index (κ1) is 14.5. The van der Waals surface area contributed by atoms with Crippen molar-refractivity contribution in [3.63, 3.8) is 0 Å². The Hall–Kier alpha value is -0.880. The van der Waals surface area contributed by atoms with Gasteiger partial charge in [0.05, 0.1) is 23.0 Å². The van der Waals surface area contributed by atoms with Gasteiger partial charge in [0, 0.05) is 13.6 Å². The number of aromatic nitrogens is 2. The highest BCUT2D eigenvalue weighted by Crippen LogP contribution is 2.26. The number of likely N-dealkylation sites (tertiary alicyclic amines) is 1. The van der Waals surface area contributed by atoms with Crippen molar-refractivity contribution in [2.75, 3.05) is 13.7 Å². The molecule has 2 rings (SSSR count). The van der Waals surface area contributed by atoms with Crippen LogP contribution in [0.5, 0.6) is 0 Å². The minimum atomic E-state index is -0.133. The van der Waals surface area contributed by atoms with Gasteiger partial charge in [-0.05, 0) is 41.7 Å². The van der Waals surface area contributed by atoms with E-state index in [1.165, 1.54) is 7.11 Å². The van der Waals surface area contributed by atoms with Crippen molar-refractivity contribution in [2.45, 2.75) is 38.8 Å². The Labute approximate surface area is 122 Å². The van der Waals surface area contributed by atoms with E-state index in [-0.39, 0.29) is 12.0 Å². The second-order valence-electron chi connectivity index (χ2n) is 4.84. The summed E-state index contributed by atoms with van der Waals surface area (Å²) in [5.74, 6) is -0.133. The molecule has 1 aromatic rings. The minimum Gasteiger partial charge on any atom is -0.468 e. The van der Waals surface area contributed by atoms with Crippen LogP contribution in [-0.2, 0) is 29.5 Å². The van der Waals surface area contributed by atoms with Crippen molar-refractivity contribution in [1.29, 1.82) is 0 Å². The molecule has 1 fully saturated rings. The fourth-order valence-electron chi connectivity index (χ4n) is 2.60. The molecule has 0 spiro atoms. The van der Waals surface area contributed by atoms with Crippen LogP contribution in [0.4, 0.5) is 0 Å². The van der Waals surface area contributed by atoms with E-state index in [4.69, 9.17) is 4.74 Å². The lowest BCUT2D eigenvalue weighted by Gasteiger charge is -2.22. The second kappa shape index (κ2) is 6.05. The number of rotatable bonds is 4. The molecular weight excluding hydrogens is 310 g/mol. The van der Waals surface area contributed by atoms with E-state index in [1.807, 2.05) is 11.7 Å². The maximum Gasteiger partial charge on any atom is 0.323 e. The number of halogens is 1. The number of nitrogens with zero attached hydrogens (tertiary/aromatic N) is 3. The summed E-state index contributed by atoms with van der Waals surface area (Å²) >= 11 is 3.62. The summed E-state index contributed by atoms with van der Waals surface area (Å²) in [5, 5.41) is 4.49. The lowest BCUT2D eigenvalue weighted by Crippen LogP contribution is -2.36. The number of methoxy groups -OCH3 is 1. The number of aryl methyl sites for hydroxylation is 2. The van der Waals surface area contributed by atoms with Crippen LogP contribution < -0.4 is 0 Å². The summed E-state index contributed by atoms with van der Waals surface area (Å²) in [6.07, 6.45) is 2.81. The number of carbonyl (C=O) groups excluding carboxylic acids is 1. The molecule has 0 saturated carbocycles. The van der Waals surface area contributed by atoms with Crippen LogP contribution in [0.2, 0.25) is 0 Å². The van der Waals surface area contributed by atoms with Crippen LogP contribution in [-0.4, -0.2) is 40.3 Å². The van der Waals surface area contributed by atoms with Crippen LogP contribution in [0.1, 0.15) is 31.2 Å². The standard InChI is InChI=1S/C13H20BrN3O2/c1-4-9-12(14)11(16(2)15-9)8-17-7-5-6-10(17)13(18)19-3/h10H,4-8H2,1-3H3. The quantitative estimate of drug-likeness (QED) is 0.791. The molecule has 1 atom stereocenters. The molecular formula is C13H20BrN3O2. The minimum absolute atomic E-state index is 0.114. The Morgan fingerprint density at radius 2 is 2.32 bits per heavy atom. The molecule has 0 radical (unpaired) electrons. The molecule has 0 bridgehead atoms. The van der Waals surface area contributed by atoms with Crippen molar-refractivity contribution in [3.05, 3.63) is 15.9 Å². The average Bonchev–Trinajstić information content (AvgIpc) is 2.97. The van der Waals surface area contributed by atoms with Gasteiger partial charge in [-0.2, -0.15) is 5.10 Å². The molecule has 1 aliphatic heterocycles. The molecule has 2 heterocycles. The Morgan fingerprint density at radius 3 is 2.89 bits per heavy atom. The summed E-state index contributed by atoms with van der Waals surface area (Å²) in [5.41, 5.74) is 2.18. The molecule has 106 valence electrons. The highest BCUT2D eigenvalue weighted by atomic mass is 79.9.